The second-order valence-corrected chi connectivity index (χ2v) is 11.1. The minimum atomic E-state index is -0.225. The molecule has 6 heteroatoms. The number of anilines is 2. The number of hydrogen-bond acceptors (Lipinski definition) is 5. The Morgan fingerprint density at radius 1 is 0.921 bits per heavy atom. The topological polar surface area (TPSA) is 57.7 Å². The molecular formula is C32H38N4O2. The highest BCUT2D eigenvalue weighted by molar-refractivity contribution is 6.00. The maximum absolute atomic E-state index is 14.0. The molecule has 3 aliphatic heterocycles. The molecule has 0 spiro atoms. The second-order valence-electron chi connectivity index (χ2n) is 11.1. The molecule has 0 aliphatic carbocycles. The number of piperidine rings is 1. The summed E-state index contributed by atoms with van der Waals surface area (Å²) in [7, 11) is 0. The molecule has 6 rings (SSSR count). The van der Waals surface area contributed by atoms with E-state index in [0.29, 0.717) is 25.8 Å². The average Bonchev–Trinajstić information content (AvgIpc) is 2.95. The van der Waals surface area contributed by atoms with Crippen LogP contribution in [0.2, 0.25) is 0 Å². The number of rotatable bonds is 6. The van der Waals surface area contributed by atoms with Gasteiger partial charge in [-0.2, -0.15) is 0 Å². The minimum Gasteiger partial charge on any atom is -0.381 e. The van der Waals surface area contributed by atoms with E-state index in [2.05, 4.69) is 71.7 Å². The zero-order valence-corrected chi connectivity index (χ0v) is 22.3. The van der Waals surface area contributed by atoms with Gasteiger partial charge in [-0.05, 0) is 67.3 Å². The average molecular weight is 511 g/mol. The number of likely N-dealkylation sites (tertiary alicyclic amines) is 1. The van der Waals surface area contributed by atoms with Crippen LogP contribution in [0.1, 0.15) is 54.0 Å². The van der Waals surface area contributed by atoms with E-state index >= 15 is 0 Å². The molecule has 1 N–H and O–H groups in total. The first-order valence-corrected chi connectivity index (χ1v) is 14.1. The molecule has 0 bridgehead atoms. The maximum Gasteiger partial charge on any atom is 0.236 e. The van der Waals surface area contributed by atoms with Crippen LogP contribution in [0.3, 0.4) is 0 Å². The first kappa shape index (κ1) is 25.1. The number of carbonyl (C=O) groups excluding carboxylic acids is 1. The monoisotopic (exact) mass is 510 g/mol. The van der Waals surface area contributed by atoms with Gasteiger partial charge in [-0.1, -0.05) is 54.6 Å². The number of amides is 1. The Balaban J connectivity index is 1.19. The summed E-state index contributed by atoms with van der Waals surface area (Å²) in [5, 5.41) is 3.72. The van der Waals surface area contributed by atoms with Gasteiger partial charge in [0, 0.05) is 44.6 Å². The van der Waals surface area contributed by atoms with Crippen molar-refractivity contribution in [3.63, 3.8) is 0 Å². The number of aromatic nitrogens is 1. The van der Waals surface area contributed by atoms with Gasteiger partial charge >= 0.3 is 0 Å². The summed E-state index contributed by atoms with van der Waals surface area (Å²) in [5.41, 5.74) is 5.63. The van der Waals surface area contributed by atoms with Crippen molar-refractivity contribution in [2.24, 2.45) is 5.92 Å². The van der Waals surface area contributed by atoms with Crippen molar-refractivity contribution in [2.45, 2.75) is 57.7 Å². The van der Waals surface area contributed by atoms with Crippen LogP contribution in [0.15, 0.2) is 66.7 Å². The fourth-order valence-electron chi connectivity index (χ4n) is 6.35. The Bertz CT molecular complexity index is 1250. The smallest absolute Gasteiger partial charge is 0.236 e. The van der Waals surface area contributed by atoms with E-state index < -0.39 is 0 Å². The lowest BCUT2D eigenvalue weighted by Gasteiger charge is -2.39. The quantitative estimate of drug-likeness (QED) is 0.473. The molecule has 1 aromatic heterocycles. The molecule has 198 valence electrons. The van der Waals surface area contributed by atoms with Crippen molar-refractivity contribution in [1.29, 1.82) is 0 Å². The number of ether oxygens (including phenoxy) is 1. The van der Waals surface area contributed by atoms with Gasteiger partial charge in [0.05, 0.1) is 18.2 Å². The molecular weight excluding hydrogens is 472 g/mol. The van der Waals surface area contributed by atoms with Gasteiger partial charge in [-0.15, -0.1) is 0 Å². The summed E-state index contributed by atoms with van der Waals surface area (Å²) in [5.74, 6) is 1.11. The SMILES string of the molecule is Cc1ccccc1N1Cc2ccc(NC3CCN(Cc4ccccc4)CC3)nc2C(C2CCOCC2)C1=O. The third kappa shape index (κ3) is 5.33. The summed E-state index contributed by atoms with van der Waals surface area (Å²) >= 11 is 0. The zero-order valence-electron chi connectivity index (χ0n) is 22.3. The fourth-order valence-corrected chi connectivity index (χ4v) is 6.35. The second kappa shape index (κ2) is 11.3. The van der Waals surface area contributed by atoms with Crippen LogP contribution in [0, 0.1) is 12.8 Å². The Morgan fingerprint density at radius 3 is 2.42 bits per heavy atom. The normalized spacial score (nSPS) is 21.3. The summed E-state index contributed by atoms with van der Waals surface area (Å²) in [6.45, 7) is 7.25. The first-order chi connectivity index (χ1) is 18.7. The third-order valence-corrected chi connectivity index (χ3v) is 8.50. The molecule has 2 saturated heterocycles. The zero-order chi connectivity index (χ0) is 25.9. The number of hydrogen-bond donors (Lipinski definition) is 1. The summed E-state index contributed by atoms with van der Waals surface area (Å²) in [6.07, 6.45) is 3.98. The Kier molecular flexibility index (Phi) is 7.43. The summed E-state index contributed by atoms with van der Waals surface area (Å²) in [4.78, 5) is 23.7. The number of pyridine rings is 1. The molecule has 4 heterocycles. The number of fused-ring (bicyclic) bond motifs is 1. The van der Waals surface area contributed by atoms with Crippen molar-refractivity contribution in [3.8, 4) is 0 Å². The molecule has 3 aliphatic rings. The van der Waals surface area contributed by atoms with E-state index in [1.165, 1.54) is 5.56 Å². The Morgan fingerprint density at radius 2 is 1.66 bits per heavy atom. The van der Waals surface area contributed by atoms with Crippen molar-refractivity contribution >= 4 is 17.4 Å². The van der Waals surface area contributed by atoms with Crippen LogP contribution in [0.5, 0.6) is 0 Å². The van der Waals surface area contributed by atoms with Crippen LogP contribution < -0.4 is 10.2 Å². The van der Waals surface area contributed by atoms with Gasteiger partial charge in [-0.25, -0.2) is 4.98 Å². The fraction of sp³-hybridized carbons (Fsp3) is 0.438. The number of nitrogens with zero attached hydrogens (tertiary/aromatic N) is 3. The molecule has 2 fully saturated rings. The molecule has 0 radical (unpaired) electrons. The molecule has 6 nitrogen and oxygen atoms in total. The molecule has 1 unspecified atom stereocenters. The summed E-state index contributed by atoms with van der Waals surface area (Å²) in [6, 6.07) is 23.6. The number of benzene rings is 2. The van der Waals surface area contributed by atoms with Crippen LogP contribution >= 0.6 is 0 Å². The predicted molar refractivity (Wildman–Crippen MR) is 151 cm³/mol. The van der Waals surface area contributed by atoms with Gasteiger partial charge in [0.15, 0.2) is 0 Å². The summed E-state index contributed by atoms with van der Waals surface area (Å²) < 4.78 is 5.65. The lowest BCUT2D eigenvalue weighted by Crippen LogP contribution is -2.44. The van der Waals surface area contributed by atoms with Gasteiger partial charge in [0.25, 0.3) is 0 Å². The third-order valence-electron chi connectivity index (χ3n) is 8.50. The van der Waals surface area contributed by atoms with Gasteiger partial charge in [-0.3, -0.25) is 9.69 Å². The predicted octanol–water partition coefficient (Wildman–Crippen LogP) is 5.52. The van der Waals surface area contributed by atoms with E-state index in [1.807, 2.05) is 17.0 Å². The van der Waals surface area contributed by atoms with Crippen LogP contribution in [-0.2, 0) is 22.6 Å². The lowest BCUT2D eigenvalue weighted by atomic mass is 9.79. The Hall–Kier alpha value is -3.22. The highest BCUT2D eigenvalue weighted by atomic mass is 16.5. The van der Waals surface area contributed by atoms with E-state index in [9.17, 15) is 4.79 Å². The standard InChI is InChI=1S/C32H38N4O2/c1-23-7-5-6-10-28(23)36-22-26-11-12-29(34-31(26)30(32(36)37)25-15-19-38-20-16-25)33-27-13-17-35(18-14-27)21-24-8-3-2-4-9-24/h2-12,25,27,30H,13-22H2,1H3,(H,33,34). The molecule has 1 atom stereocenters. The molecule has 0 saturated carbocycles. The van der Waals surface area contributed by atoms with Crippen molar-refractivity contribution in [1.82, 2.24) is 9.88 Å². The van der Waals surface area contributed by atoms with Gasteiger partial charge in [0.2, 0.25) is 5.91 Å². The number of nitrogens with one attached hydrogen (secondary N) is 1. The number of carbonyl (C=O) groups is 1. The highest BCUT2D eigenvalue weighted by Gasteiger charge is 2.41. The van der Waals surface area contributed by atoms with Crippen LogP contribution in [0.25, 0.3) is 0 Å². The molecule has 38 heavy (non-hydrogen) atoms. The van der Waals surface area contributed by atoms with Gasteiger partial charge < -0.3 is 15.0 Å². The van der Waals surface area contributed by atoms with Crippen LogP contribution in [0.4, 0.5) is 11.5 Å². The van der Waals surface area contributed by atoms with E-state index in [-0.39, 0.29) is 17.7 Å². The highest BCUT2D eigenvalue weighted by Crippen LogP contribution is 2.41. The number of aryl methyl sites for hydroxylation is 1. The van der Waals surface area contributed by atoms with Crippen molar-refractivity contribution < 1.29 is 9.53 Å². The minimum absolute atomic E-state index is 0.178. The Labute approximate surface area is 226 Å². The van der Waals surface area contributed by atoms with E-state index in [4.69, 9.17) is 9.72 Å². The molecule has 2 aromatic carbocycles. The van der Waals surface area contributed by atoms with Gasteiger partial charge in [0.1, 0.15) is 5.82 Å². The van der Waals surface area contributed by atoms with Crippen molar-refractivity contribution in [3.05, 3.63) is 89.1 Å². The van der Waals surface area contributed by atoms with E-state index in [1.54, 1.807) is 0 Å². The lowest BCUT2D eigenvalue weighted by molar-refractivity contribution is -0.122. The van der Waals surface area contributed by atoms with E-state index in [0.717, 1.165) is 73.6 Å². The largest absolute Gasteiger partial charge is 0.381 e. The number of para-hydroxylation sites is 1. The molecule has 3 aromatic rings. The first-order valence-electron chi connectivity index (χ1n) is 14.1. The van der Waals surface area contributed by atoms with Crippen LogP contribution in [-0.4, -0.2) is 48.1 Å². The van der Waals surface area contributed by atoms with Crippen molar-refractivity contribution in [2.75, 3.05) is 36.5 Å². The maximum atomic E-state index is 14.0. The molecule has 1 amide bonds.